The van der Waals surface area contributed by atoms with Gasteiger partial charge in [-0.2, -0.15) is 0 Å². The van der Waals surface area contributed by atoms with Crippen LogP contribution in [0.3, 0.4) is 0 Å². The monoisotopic (exact) mass is 319 g/mol. The van der Waals surface area contributed by atoms with E-state index in [1.54, 1.807) is 0 Å². The Labute approximate surface area is 136 Å². The Bertz CT molecular complexity index is 612. The molecule has 2 atom stereocenters. The largest absolute Gasteiger partial charge is 0.326 e. The summed E-state index contributed by atoms with van der Waals surface area (Å²) in [5, 5.41) is 0.966. The van der Waals surface area contributed by atoms with Crippen molar-refractivity contribution >= 4 is 23.4 Å². The minimum Gasteiger partial charge on any atom is -0.326 e. The first-order valence-electron chi connectivity index (χ1n) is 7.26. The molecule has 0 radical (unpaired) electrons. The van der Waals surface area contributed by atoms with Gasteiger partial charge < -0.3 is 5.73 Å². The number of halogens is 1. The maximum Gasteiger partial charge on any atom is 0.0510 e. The lowest BCUT2D eigenvalue weighted by Crippen LogP contribution is -2.25. The summed E-state index contributed by atoms with van der Waals surface area (Å²) in [5.41, 5.74) is 10.1. The molecule has 2 aromatic rings. The summed E-state index contributed by atoms with van der Waals surface area (Å²) >= 11 is 8.20. The summed E-state index contributed by atoms with van der Waals surface area (Å²) in [6.07, 6.45) is 0.924. The second kappa shape index (κ2) is 7.35. The molecule has 2 rings (SSSR count). The highest BCUT2D eigenvalue weighted by molar-refractivity contribution is 7.99. The Morgan fingerprint density at radius 1 is 1.14 bits per heavy atom. The van der Waals surface area contributed by atoms with E-state index in [1.165, 1.54) is 16.0 Å². The van der Waals surface area contributed by atoms with Gasteiger partial charge in [0.25, 0.3) is 0 Å². The standard InChI is InChI=1S/C18H22ClNS/c1-4-16(20)18(14-7-5-6-8-15(14)19)21-17-10-9-12(2)11-13(17)3/h5-11,16,18H,4,20H2,1-3H3. The molecule has 0 heterocycles. The van der Waals surface area contributed by atoms with Gasteiger partial charge in [0.2, 0.25) is 0 Å². The highest BCUT2D eigenvalue weighted by Crippen LogP contribution is 2.42. The maximum absolute atomic E-state index is 6.38. The second-order valence-corrected chi connectivity index (χ2v) is 6.99. The van der Waals surface area contributed by atoms with Gasteiger partial charge in [-0.3, -0.25) is 0 Å². The van der Waals surface area contributed by atoms with Gasteiger partial charge in [0.05, 0.1) is 5.25 Å². The number of hydrogen-bond donors (Lipinski definition) is 1. The topological polar surface area (TPSA) is 26.0 Å². The normalized spacial score (nSPS) is 14.0. The minimum absolute atomic E-state index is 0.0793. The lowest BCUT2D eigenvalue weighted by Gasteiger charge is -2.24. The number of thioether (sulfide) groups is 1. The fraction of sp³-hybridized carbons (Fsp3) is 0.333. The minimum atomic E-state index is 0.0793. The maximum atomic E-state index is 6.38. The molecule has 0 saturated heterocycles. The molecular weight excluding hydrogens is 298 g/mol. The zero-order chi connectivity index (χ0) is 15.4. The van der Waals surface area contributed by atoms with Crippen LogP contribution in [0, 0.1) is 13.8 Å². The fourth-order valence-corrected chi connectivity index (χ4v) is 4.05. The molecular formula is C18H22ClNS. The Kier molecular flexibility index (Phi) is 5.74. The van der Waals surface area contributed by atoms with E-state index >= 15 is 0 Å². The van der Waals surface area contributed by atoms with Gasteiger partial charge in [0.15, 0.2) is 0 Å². The van der Waals surface area contributed by atoms with Crippen LogP contribution in [0.15, 0.2) is 47.4 Å². The highest BCUT2D eigenvalue weighted by Gasteiger charge is 2.22. The van der Waals surface area contributed by atoms with Crippen molar-refractivity contribution in [2.24, 2.45) is 5.73 Å². The van der Waals surface area contributed by atoms with Crippen molar-refractivity contribution < 1.29 is 0 Å². The summed E-state index contributed by atoms with van der Waals surface area (Å²) in [7, 11) is 0. The number of aryl methyl sites for hydroxylation is 2. The number of benzene rings is 2. The van der Waals surface area contributed by atoms with E-state index in [0.29, 0.717) is 0 Å². The summed E-state index contributed by atoms with van der Waals surface area (Å²) < 4.78 is 0. The molecule has 2 unspecified atom stereocenters. The third-order valence-electron chi connectivity index (χ3n) is 3.66. The van der Waals surface area contributed by atoms with Crippen molar-refractivity contribution in [1.82, 2.24) is 0 Å². The molecule has 0 saturated carbocycles. The summed E-state index contributed by atoms with van der Waals surface area (Å²) in [5.74, 6) is 0. The van der Waals surface area contributed by atoms with Crippen LogP contribution in [-0.4, -0.2) is 6.04 Å². The number of nitrogens with two attached hydrogens (primary N) is 1. The van der Waals surface area contributed by atoms with E-state index in [2.05, 4.69) is 45.0 Å². The lowest BCUT2D eigenvalue weighted by molar-refractivity contribution is 0.634. The molecule has 21 heavy (non-hydrogen) atoms. The Hall–Kier alpha value is -0.960. The van der Waals surface area contributed by atoms with Gasteiger partial charge in [-0.05, 0) is 43.5 Å². The van der Waals surface area contributed by atoms with E-state index in [9.17, 15) is 0 Å². The van der Waals surface area contributed by atoms with Gasteiger partial charge in [-0.1, -0.05) is 54.4 Å². The zero-order valence-corrected chi connectivity index (χ0v) is 14.3. The first-order valence-corrected chi connectivity index (χ1v) is 8.52. The van der Waals surface area contributed by atoms with Crippen molar-refractivity contribution in [3.63, 3.8) is 0 Å². The smallest absolute Gasteiger partial charge is 0.0510 e. The predicted molar refractivity (Wildman–Crippen MR) is 94.2 cm³/mol. The van der Waals surface area contributed by atoms with Gasteiger partial charge >= 0.3 is 0 Å². The fourth-order valence-electron chi connectivity index (χ4n) is 2.37. The van der Waals surface area contributed by atoms with E-state index in [4.69, 9.17) is 17.3 Å². The van der Waals surface area contributed by atoms with E-state index in [1.807, 2.05) is 30.0 Å². The van der Waals surface area contributed by atoms with Crippen LogP contribution in [0.1, 0.15) is 35.3 Å². The summed E-state index contributed by atoms with van der Waals surface area (Å²) in [4.78, 5) is 1.27. The molecule has 0 spiro atoms. The van der Waals surface area contributed by atoms with Gasteiger partial charge in [-0.25, -0.2) is 0 Å². The molecule has 112 valence electrons. The average molecular weight is 320 g/mol. The molecule has 2 aromatic carbocycles. The van der Waals surface area contributed by atoms with Crippen LogP contribution in [0.5, 0.6) is 0 Å². The van der Waals surface area contributed by atoms with Crippen LogP contribution in [0.25, 0.3) is 0 Å². The van der Waals surface area contributed by atoms with Crippen LogP contribution in [-0.2, 0) is 0 Å². The Morgan fingerprint density at radius 2 is 1.86 bits per heavy atom. The lowest BCUT2D eigenvalue weighted by atomic mass is 10.0. The van der Waals surface area contributed by atoms with Crippen molar-refractivity contribution in [1.29, 1.82) is 0 Å². The molecule has 0 aliphatic carbocycles. The van der Waals surface area contributed by atoms with Gasteiger partial charge in [0, 0.05) is 16.0 Å². The van der Waals surface area contributed by atoms with Crippen molar-refractivity contribution in [3.05, 3.63) is 64.2 Å². The molecule has 3 heteroatoms. The van der Waals surface area contributed by atoms with Crippen molar-refractivity contribution in [2.75, 3.05) is 0 Å². The van der Waals surface area contributed by atoms with E-state index in [-0.39, 0.29) is 11.3 Å². The molecule has 0 aliphatic heterocycles. The van der Waals surface area contributed by atoms with Crippen molar-refractivity contribution in [3.8, 4) is 0 Å². The predicted octanol–water partition coefficient (Wildman–Crippen LogP) is 5.53. The molecule has 2 N–H and O–H groups in total. The zero-order valence-electron chi connectivity index (χ0n) is 12.8. The molecule has 0 bridgehead atoms. The molecule has 0 fully saturated rings. The van der Waals surface area contributed by atoms with E-state index in [0.717, 1.165) is 17.0 Å². The Morgan fingerprint density at radius 3 is 2.48 bits per heavy atom. The molecule has 0 amide bonds. The number of hydrogen-bond acceptors (Lipinski definition) is 2. The summed E-state index contributed by atoms with van der Waals surface area (Å²) in [6.45, 7) is 6.39. The second-order valence-electron chi connectivity index (χ2n) is 5.40. The molecule has 0 aliphatic rings. The van der Waals surface area contributed by atoms with Crippen LogP contribution < -0.4 is 5.73 Å². The van der Waals surface area contributed by atoms with Crippen LogP contribution >= 0.6 is 23.4 Å². The van der Waals surface area contributed by atoms with Crippen LogP contribution in [0.2, 0.25) is 5.02 Å². The van der Waals surface area contributed by atoms with E-state index < -0.39 is 0 Å². The van der Waals surface area contributed by atoms with Gasteiger partial charge in [-0.15, -0.1) is 11.8 Å². The third-order valence-corrected chi connectivity index (χ3v) is 5.57. The Balaban J connectivity index is 2.35. The first kappa shape index (κ1) is 16.4. The molecule has 0 aromatic heterocycles. The van der Waals surface area contributed by atoms with Crippen LogP contribution in [0.4, 0.5) is 0 Å². The number of rotatable bonds is 5. The average Bonchev–Trinajstić information content (AvgIpc) is 2.47. The molecule has 1 nitrogen and oxygen atoms in total. The summed E-state index contributed by atoms with van der Waals surface area (Å²) in [6, 6.07) is 14.6. The SMILES string of the molecule is CCC(N)C(Sc1ccc(C)cc1C)c1ccccc1Cl. The first-order chi connectivity index (χ1) is 10.0. The highest BCUT2D eigenvalue weighted by atomic mass is 35.5. The van der Waals surface area contributed by atoms with Crippen molar-refractivity contribution in [2.45, 2.75) is 43.4 Å². The third kappa shape index (κ3) is 4.03. The van der Waals surface area contributed by atoms with Gasteiger partial charge in [0.1, 0.15) is 0 Å². The quantitative estimate of drug-likeness (QED) is 0.733.